The Morgan fingerprint density at radius 2 is 1.60 bits per heavy atom. The molecule has 0 saturated heterocycles. The maximum atomic E-state index is 11.9. The van der Waals surface area contributed by atoms with Gasteiger partial charge in [-0.3, -0.25) is 0 Å². The van der Waals surface area contributed by atoms with E-state index in [2.05, 4.69) is 5.32 Å². The largest absolute Gasteiger partial charge is 0.411 e. The van der Waals surface area contributed by atoms with E-state index in [1.165, 1.54) is 0 Å². The zero-order valence-electron chi connectivity index (χ0n) is 9.58. The molecule has 0 heterocycles. The smallest absolute Gasteiger partial charge is 0.371 e. The van der Waals surface area contributed by atoms with Crippen LogP contribution in [0.25, 0.3) is 0 Å². The fraction of sp³-hybridized carbons (Fsp3) is 1.00. The molecule has 0 bridgehead atoms. The summed E-state index contributed by atoms with van der Waals surface area (Å²) in [5.74, 6) is 0. The van der Waals surface area contributed by atoms with Crippen molar-refractivity contribution in [1.29, 1.82) is 0 Å². The number of nitrogens with one attached hydrogen (secondary N) is 1. The second-order valence-electron chi connectivity index (χ2n) is 3.85. The minimum absolute atomic E-state index is 0.153. The van der Waals surface area contributed by atoms with Crippen molar-refractivity contribution in [2.45, 2.75) is 32.9 Å². The molecule has 0 radical (unpaired) electrons. The first-order chi connectivity index (χ1) is 6.89. The van der Waals surface area contributed by atoms with Gasteiger partial charge in [0.25, 0.3) is 0 Å². The molecule has 0 saturated carbocycles. The van der Waals surface area contributed by atoms with E-state index in [0.717, 1.165) is 12.8 Å². The Morgan fingerprint density at radius 1 is 1.07 bits per heavy atom. The third-order valence-electron chi connectivity index (χ3n) is 2.73. The highest BCUT2D eigenvalue weighted by molar-refractivity contribution is 4.78. The number of hydrogen-bond acceptors (Lipinski definition) is 2. The van der Waals surface area contributed by atoms with Gasteiger partial charge in [0.1, 0.15) is 6.61 Å². The van der Waals surface area contributed by atoms with Gasteiger partial charge in [0.2, 0.25) is 0 Å². The van der Waals surface area contributed by atoms with Gasteiger partial charge in [-0.25, -0.2) is 0 Å². The Labute approximate surface area is 89.2 Å². The van der Waals surface area contributed by atoms with Gasteiger partial charge in [0.05, 0.1) is 6.61 Å². The maximum absolute atomic E-state index is 11.9. The molecule has 0 atom stereocenters. The highest BCUT2D eigenvalue weighted by atomic mass is 19.4. The third kappa shape index (κ3) is 5.99. The van der Waals surface area contributed by atoms with Gasteiger partial charge in [0.15, 0.2) is 0 Å². The summed E-state index contributed by atoms with van der Waals surface area (Å²) >= 11 is 0. The molecular formula is C10H20F3NO. The second kappa shape index (κ2) is 6.33. The Balaban J connectivity index is 4.06. The van der Waals surface area contributed by atoms with E-state index in [0.29, 0.717) is 6.54 Å². The average molecular weight is 227 g/mol. The first kappa shape index (κ1) is 14.7. The summed E-state index contributed by atoms with van der Waals surface area (Å²) in [5.41, 5.74) is -0.181. The van der Waals surface area contributed by atoms with Crippen molar-refractivity contribution in [1.82, 2.24) is 5.32 Å². The molecule has 0 aromatic heterocycles. The average Bonchev–Trinajstić information content (AvgIpc) is 2.14. The molecule has 15 heavy (non-hydrogen) atoms. The van der Waals surface area contributed by atoms with Crippen molar-refractivity contribution in [3.05, 3.63) is 0 Å². The van der Waals surface area contributed by atoms with Crippen LogP contribution in [0.4, 0.5) is 13.2 Å². The van der Waals surface area contributed by atoms with Gasteiger partial charge < -0.3 is 10.1 Å². The van der Waals surface area contributed by atoms with Crippen LogP contribution >= 0.6 is 0 Å². The van der Waals surface area contributed by atoms with Gasteiger partial charge in [-0.05, 0) is 19.9 Å². The fourth-order valence-corrected chi connectivity index (χ4v) is 1.51. The van der Waals surface area contributed by atoms with E-state index in [4.69, 9.17) is 4.74 Å². The van der Waals surface area contributed by atoms with Crippen LogP contribution in [0.2, 0.25) is 0 Å². The minimum Gasteiger partial charge on any atom is -0.371 e. The van der Waals surface area contributed by atoms with Crippen molar-refractivity contribution < 1.29 is 17.9 Å². The summed E-state index contributed by atoms with van der Waals surface area (Å²) in [5, 5.41) is 3.00. The van der Waals surface area contributed by atoms with Gasteiger partial charge in [-0.1, -0.05) is 13.8 Å². The van der Waals surface area contributed by atoms with Crippen LogP contribution in [-0.2, 0) is 4.74 Å². The molecule has 0 spiro atoms. The van der Waals surface area contributed by atoms with E-state index < -0.39 is 12.8 Å². The zero-order valence-corrected chi connectivity index (χ0v) is 9.58. The molecule has 0 aromatic rings. The molecule has 5 heteroatoms. The van der Waals surface area contributed by atoms with Crippen LogP contribution < -0.4 is 5.32 Å². The van der Waals surface area contributed by atoms with E-state index in [1.54, 1.807) is 7.05 Å². The van der Waals surface area contributed by atoms with Crippen molar-refractivity contribution >= 4 is 0 Å². The second-order valence-corrected chi connectivity index (χ2v) is 3.85. The lowest BCUT2D eigenvalue weighted by Gasteiger charge is -2.31. The predicted octanol–water partition coefficient (Wildman–Crippen LogP) is 2.59. The lowest BCUT2D eigenvalue weighted by atomic mass is 9.83. The Bertz CT molecular complexity index is 167. The van der Waals surface area contributed by atoms with Crippen LogP contribution in [0.5, 0.6) is 0 Å². The number of halogens is 3. The molecule has 0 rings (SSSR count). The molecule has 0 fully saturated rings. The van der Waals surface area contributed by atoms with Crippen molar-refractivity contribution in [2.24, 2.45) is 5.41 Å². The summed E-state index contributed by atoms with van der Waals surface area (Å²) in [4.78, 5) is 0. The monoisotopic (exact) mass is 227 g/mol. The molecule has 92 valence electrons. The maximum Gasteiger partial charge on any atom is 0.411 e. The molecular weight excluding hydrogens is 207 g/mol. The zero-order chi connectivity index (χ0) is 11.9. The molecule has 1 N–H and O–H groups in total. The van der Waals surface area contributed by atoms with Gasteiger partial charge in [-0.2, -0.15) is 13.2 Å². The van der Waals surface area contributed by atoms with Crippen molar-refractivity contribution in [3.63, 3.8) is 0 Å². The molecule has 0 unspecified atom stereocenters. The first-order valence-electron chi connectivity index (χ1n) is 5.18. The lowest BCUT2D eigenvalue weighted by Crippen LogP contribution is -2.37. The highest BCUT2D eigenvalue weighted by Gasteiger charge is 2.31. The third-order valence-corrected chi connectivity index (χ3v) is 2.73. The minimum atomic E-state index is -4.23. The number of hydrogen-bond donors (Lipinski definition) is 1. The number of alkyl halides is 3. The van der Waals surface area contributed by atoms with Crippen LogP contribution in [0.1, 0.15) is 26.7 Å². The molecule has 0 aromatic carbocycles. The SMILES string of the molecule is CCC(CC)(CNC)COCC(F)(F)F. The van der Waals surface area contributed by atoms with Gasteiger partial charge in [-0.15, -0.1) is 0 Å². The van der Waals surface area contributed by atoms with E-state index >= 15 is 0 Å². The number of rotatable bonds is 7. The predicted molar refractivity (Wildman–Crippen MR) is 53.8 cm³/mol. The normalized spacial score (nSPS) is 13.2. The standard InChI is InChI=1S/C10H20F3NO/c1-4-9(5-2,6-14-3)7-15-8-10(11,12)13/h14H,4-8H2,1-3H3. The van der Waals surface area contributed by atoms with E-state index in [-0.39, 0.29) is 12.0 Å². The summed E-state index contributed by atoms with van der Waals surface area (Å²) in [6.07, 6.45) is -2.61. The van der Waals surface area contributed by atoms with E-state index in [1.807, 2.05) is 13.8 Å². The molecule has 0 amide bonds. The summed E-state index contributed by atoms with van der Waals surface area (Å²) < 4.78 is 40.4. The van der Waals surface area contributed by atoms with Crippen LogP contribution in [0, 0.1) is 5.41 Å². The first-order valence-corrected chi connectivity index (χ1v) is 5.18. The summed E-state index contributed by atoms with van der Waals surface area (Å²) in [6.45, 7) is 3.62. The van der Waals surface area contributed by atoms with E-state index in [9.17, 15) is 13.2 Å². The van der Waals surface area contributed by atoms with Crippen LogP contribution in [-0.4, -0.2) is 33.0 Å². The summed E-state index contributed by atoms with van der Waals surface area (Å²) in [6, 6.07) is 0. The quantitative estimate of drug-likeness (QED) is 0.721. The molecule has 0 aliphatic carbocycles. The Morgan fingerprint density at radius 3 is 1.93 bits per heavy atom. The molecule has 0 aliphatic heterocycles. The van der Waals surface area contributed by atoms with Crippen LogP contribution in [0.3, 0.4) is 0 Å². The Hall–Kier alpha value is -0.290. The van der Waals surface area contributed by atoms with Crippen LogP contribution in [0.15, 0.2) is 0 Å². The van der Waals surface area contributed by atoms with Gasteiger partial charge in [0, 0.05) is 12.0 Å². The highest BCUT2D eigenvalue weighted by Crippen LogP contribution is 2.26. The van der Waals surface area contributed by atoms with Gasteiger partial charge >= 0.3 is 6.18 Å². The lowest BCUT2D eigenvalue weighted by molar-refractivity contribution is -0.181. The fourth-order valence-electron chi connectivity index (χ4n) is 1.51. The van der Waals surface area contributed by atoms with Crippen molar-refractivity contribution in [2.75, 3.05) is 26.8 Å². The van der Waals surface area contributed by atoms with Crippen molar-refractivity contribution in [3.8, 4) is 0 Å². The number of ether oxygens (including phenoxy) is 1. The molecule has 0 aliphatic rings. The Kier molecular flexibility index (Phi) is 6.20. The summed E-state index contributed by atoms with van der Waals surface area (Å²) in [7, 11) is 1.80. The topological polar surface area (TPSA) is 21.3 Å². The molecule has 2 nitrogen and oxygen atoms in total.